The molecule has 0 aromatic heterocycles. The lowest BCUT2D eigenvalue weighted by molar-refractivity contribution is -0.126. The van der Waals surface area contributed by atoms with Crippen molar-refractivity contribution in [2.45, 2.75) is 10.0 Å². The van der Waals surface area contributed by atoms with E-state index in [1.54, 1.807) is 18.2 Å². The van der Waals surface area contributed by atoms with Gasteiger partial charge in [-0.2, -0.15) is 8.42 Å². The van der Waals surface area contributed by atoms with E-state index in [4.69, 9.17) is 47.7 Å². The van der Waals surface area contributed by atoms with Crippen LogP contribution in [-0.2, 0) is 33.9 Å². The summed E-state index contributed by atoms with van der Waals surface area (Å²) in [5.41, 5.74) is 3.70. The topological polar surface area (TPSA) is 114 Å². The summed E-state index contributed by atoms with van der Waals surface area (Å²) in [4.78, 5) is 13.0. The number of nitrogens with two attached hydrogens (primary N) is 1. The van der Waals surface area contributed by atoms with Crippen molar-refractivity contribution >= 4 is 39.4 Å². The van der Waals surface area contributed by atoms with Gasteiger partial charge in [-0.15, -0.1) is 0 Å². The molecule has 0 bridgehead atoms. The Labute approximate surface area is 184 Å². The molecule has 8 nitrogen and oxygen atoms in total. The minimum absolute atomic E-state index is 0.0273. The van der Waals surface area contributed by atoms with Crippen LogP contribution in [0.15, 0.2) is 60.2 Å². The number of ketones is 1. The van der Waals surface area contributed by atoms with Gasteiger partial charge in [0.15, 0.2) is 17.0 Å². The fourth-order valence-electron chi connectivity index (χ4n) is 2.90. The van der Waals surface area contributed by atoms with E-state index in [1.165, 1.54) is 44.6 Å². The van der Waals surface area contributed by atoms with Crippen LogP contribution < -0.4 is 15.2 Å². The number of Topliss-reactive ketones (excluding diaryl/α,β-unsaturated/α-hetero) is 1. The SMILES string of the molecule is [B]C1(c2ccc(OC)c(OC)c2)OC(N)=C(OS(=O)(=O)C([B])([B])c2ccccc2)C1=O. The lowest BCUT2D eigenvalue weighted by atomic mass is 9.65. The van der Waals surface area contributed by atoms with Gasteiger partial charge in [-0.25, -0.2) is 0 Å². The molecular formula is C19H16B3NO7S. The summed E-state index contributed by atoms with van der Waals surface area (Å²) in [5, 5.41) is 0. The Bertz CT molecular complexity index is 1150. The molecule has 154 valence electrons. The Morgan fingerprint density at radius 1 is 1.03 bits per heavy atom. The van der Waals surface area contributed by atoms with Crippen LogP contribution in [0.4, 0.5) is 0 Å². The third kappa shape index (κ3) is 3.76. The average Bonchev–Trinajstić information content (AvgIpc) is 2.97. The van der Waals surface area contributed by atoms with Crippen LogP contribution in [0.1, 0.15) is 11.1 Å². The van der Waals surface area contributed by atoms with Gasteiger partial charge in [0, 0.05) is 0 Å². The van der Waals surface area contributed by atoms with Crippen LogP contribution in [0.25, 0.3) is 0 Å². The van der Waals surface area contributed by atoms with Crippen LogP contribution in [0.2, 0.25) is 0 Å². The molecule has 1 unspecified atom stereocenters. The molecule has 0 amide bonds. The lowest BCUT2D eigenvalue weighted by Crippen LogP contribution is -2.40. The number of ether oxygens (including phenoxy) is 3. The minimum atomic E-state index is -4.80. The first kappa shape index (κ1) is 22.7. The van der Waals surface area contributed by atoms with E-state index >= 15 is 0 Å². The lowest BCUT2D eigenvalue weighted by Gasteiger charge is -2.26. The second-order valence-electron chi connectivity index (χ2n) is 6.63. The second kappa shape index (κ2) is 7.92. The van der Waals surface area contributed by atoms with E-state index < -0.39 is 37.6 Å². The van der Waals surface area contributed by atoms with Crippen molar-refractivity contribution < 1.29 is 31.6 Å². The standard InChI is InChI=1S/C19H16B3NO7S/c1-27-13-9-8-12(10-14(13)28-2)18(20)16(24)15(17(23)29-18)30-31(25,26)19(21,22)11-6-4-3-5-7-11/h3-10H,23H2,1-2H3. The average molecular weight is 435 g/mol. The molecule has 0 spiro atoms. The second-order valence-corrected chi connectivity index (χ2v) is 8.38. The molecule has 6 radical (unpaired) electrons. The van der Waals surface area contributed by atoms with E-state index in [0.29, 0.717) is 5.75 Å². The van der Waals surface area contributed by atoms with E-state index in [2.05, 4.69) is 0 Å². The van der Waals surface area contributed by atoms with Crippen LogP contribution in [0, 0.1) is 0 Å². The third-order valence-electron chi connectivity index (χ3n) is 4.68. The number of hydrogen-bond donors (Lipinski definition) is 1. The van der Waals surface area contributed by atoms with Crippen molar-refractivity contribution in [3.05, 3.63) is 71.3 Å². The molecule has 3 rings (SSSR count). The van der Waals surface area contributed by atoms with Crippen LogP contribution in [0.5, 0.6) is 11.5 Å². The highest BCUT2D eigenvalue weighted by atomic mass is 32.2. The minimum Gasteiger partial charge on any atom is -0.493 e. The first-order chi connectivity index (χ1) is 14.5. The Morgan fingerprint density at radius 3 is 2.23 bits per heavy atom. The zero-order chi connectivity index (χ0) is 23.0. The summed E-state index contributed by atoms with van der Waals surface area (Å²) >= 11 is 0. The number of carbonyl (C=O) groups excluding carboxylic acids is 1. The van der Waals surface area contributed by atoms with Crippen molar-refractivity contribution in [3.63, 3.8) is 0 Å². The number of rotatable bonds is 7. The Balaban J connectivity index is 1.94. The molecule has 0 aliphatic carbocycles. The molecule has 12 heteroatoms. The molecule has 1 atom stereocenters. The maximum Gasteiger partial charge on any atom is 0.302 e. The fraction of sp³-hybridized carbons (Fsp3) is 0.211. The van der Waals surface area contributed by atoms with Crippen molar-refractivity contribution in [1.29, 1.82) is 0 Å². The van der Waals surface area contributed by atoms with Gasteiger partial charge in [0.05, 0.1) is 34.5 Å². The molecular weight excluding hydrogens is 419 g/mol. The summed E-state index contributed by atoms with van der Waals surface area (Å²) in [6.07, 6.45) is 0. The summed E-state index contributed by atoms with van der Waals surface area (Å²) in [6.45, 7) is 0. The van der Waals surface area contributed by atoms with Gasteiger partial charge >= 0.3 is 10.1 Å². The molecule has 1 aliphatic heterocycles. The Hall–Kier alpha value is -3.01. The number of carbonyl (C=O) groups is 1. The van der Waals surface area contributed by atoms with Crippen LogP contribution >= 0.6 is 0 Å². The molecule has 2 aromatic carbocycles. The zero-order valence-electron chi connectivity index (χ0n) is 16.7. The smallest absolute Gasteiger partial charge is 0.302 e. The first-order valence-corrected chi connectivity index (χ1v) is 10.2. The van der Waals surface area contributed by atoms with Gasteiger partial charge in [-0.1, -0.05) is 36.4 Å². The number of benzene rings is 2. The molecule has 0 saturated heterocycles. The molecule has 2 N–H and O–H groups in total. The van der Waals surface area contributed by atoms with Gasteiger partial charge in [0.1, 0.15) is 7.85 Å². The Kier molecular flexibility index (Phi) is 5.79. The normalized spacial score (nSPS) is 19.1. The molecule has 31 heavy (non-hydrogen) atoms. The fourth-order valence-corrected chi connectivity index (χ4v) is 3.84. The third-order valence-corrected chi connectivity index (χ3v) is 6.13. The molecule has 1 heterocycles. The van der Waals surface area contributed by atoms with E-state index in [-0.39, 0.29) is 16.9 Å². The quantitative estimate of drug-likeness (QED) is 0.487. The Morgan fingerprint density at radius 2 is 1.65 bits per heavy atom. The van der Waals surface area contributed by atoms with Crippen LogP contribution in [-0.4, -0.2) is 52.0 Å². The maximum absolute atomic E-state index is 13.0. The summed E-state index contributed by atoms with van der Waals surface area (Å²) in [6, 6.07) is 11.8. The van der Waals surface area contributed by atoms with Crippen molar-refractivity contribution in [1.82, 2.24) is 0 Å². The number of methoxy groups -OCH3 is 2. The van der Waals surface area contributed by atoms with E-state index in [9.17, 15) is 13.2 Å². The summed E-state index contributed by atoms with van der Waals surface area (Å²) in [7, 11) is 15.8. The predicted octanol–water partition coefficient (Wildman–Crippen LogP) is 0.246. The maximum atomic E-state index is 13.0. The zero-order valence-corrected chi connectivity index (χ0v) is 17.5. The van der Waals surface area contributed by atoms with Gasteiger partial charge in [0.2, 0.25) is 17.4 Å². The molecule has 0 saturated carbocycles. The van der Waals surface area contributed by atoms with Gasteiger partial charge < -0.3 is 24.1 Å². The molecule has 2 aromatic rings. The highest BCUT2D eigenvalue weighted by Crippen LogP contribution is 2.40. The summed E-state index contributed by atoms with van der Waals surface area (Å²) in [5.74, 6) is -1.90. The van der Waals surface area contributed by atoms with Crippen molar-refractivity contribution in [2.24, 2.45) is 5.73 Å². The predicted molar refractivity (Wildman–Crippen MR) is 114 cm³/mol. The highest BCUT2D eigenvalue weighted by Gasteiger charge is 2.50. The van der Waals surface area contributed by atoms with Crippen molar-refractivity contribution in [3.8, 4) is 11.5 Å². The first-order valence-electron chi connectivity index (χ1n) is 8.80. The largest absolute Gasteiger partial charge is 0.493 e. The monoisotopic (exact) mass is 435 g/mol. The van der Waals surface area contributed by atoms with Crippen molar-refractivity contribution in [2.75, 3.05) is 14.2 Å². The number of hydrogen-bond acceptors (Lipinski definition) is 8. The molecule has 0 fully saturated rings. The summed E-state index contributed by atoms with van der Waals surface area (Å²) < 4.78 is 43.7. The van der Waals surface area contributed by atoms with Gasteiger partial charge in [-0.3, -0.25) is 4.79 Å². The van der Waals surface area contributed by atoms with E-state index in [1.807, 2.05) is 0 Å². The van der Waals surface area contributed by atoms with Crippen LogP contribution in [0.3, 0.4) is 0 Å². The highest BCUT2D eigenvalue weighted by molar-refractivity contribution is 7.90. The molecule has 1 aliphatic rings. The van der Waals surface area contributed by atoms with Gasteiger partial charge in [-0.05, 0) is 23.3 Å². The van der Waals surface area contributed by atoms with Gasteiger partial charge in [0.25, 0.3) is 0 Å². The van der Waals surface area contributed by atoms with E-state index in [0.717, 1.165) is 0 Å².